The van der Waals surface area contributed by atoms with Crippen molar-refractivity contribution in [2.75, 3.05) is 0 Å². The number of nitrogens with two attached hydrogens (primary N) is 1. The molecule has 0 aliphatic rings. The Hall–Kier alpha value is -1.40. The molecule has 2 nitrogen and oxygen atoms in total. The van der Waals surface area contributed by atoms with Crippen molar-refractivity contribution in [1.29, 1.82) is 5.26 Å². The Morgan fingerprint density at radius 3 is 2.75 bits per heavy atom. The molecule has 1 aromatic carbocycles. The molecule has 0 bridgehead atoms. The molecule has 2 N–H and O–H groups in total. The van der Waals surface area contributed by atoms with E-state index in [4.69, 9.17) is 11.0 Å². The summed E-state index contributed by atoms with van der Waals surface area (Å²) in [6.45, 7) is 2.10. The lowest BCUT2D eigenvalue weighted by molar-refractivity contribution is 0.621. The number of halogens is 1. The molecule has 62 valence electrons. The molecule has 0 saturated heterocycles. The molecule has 3 heteroatoms. The number of hydrogen-bond donors (Lipinski definition) is 1. The van der Waals surface area contributed by atoms with Gasteiger partial charge in [0.05, 0.1) is 5.56 Å². The Balaban J connectivity index is 3.30. The molecule has 1 aromatic rings. The second kappa shape index (κ2) is 3.33. The molecule has 0 heterocycles. The van der Waals surface area contributed by atoms with Crippen LogP contribution in [0.2, 0.25) is 0 Å². The van der Waals surface area contributed by atoms with E-state index in [9.17, 15) is 4.39 Å². The van der Waals surface area contributed by atoms with Gasteiger partial charge in [-0.2, -0.15) is 5.26 Å². The lowest BCUT2D eigenvalue weighted by Gasteiger charge is -2.03. The van der Waals surface area contributed by atoms with E-state index < -0.39 is 5.82 Å². The molecule has 0 aliphatic carbocycles. The topological polar surface area (TPSA) is 49.8 Å². The van der Waals surface area contributed by atoms with E-state index in [1.165, 1.54) is 12.1 Å². The number of hydrogen-bond acceptors (Lipinski definition) is 2. The van der Waals surface area contributed by atoms with Crippen molar-refractivity contribution in [3.8, 4) is 6.07 Å². The predicted octanol–water partition coefficient (Wildman–Crippen LogP) is 1.46. The maximum atomic E-state index is 12.9. The molecule has 0 radical (unpaired) electrons. The monoisotopic (exact) mass is 164 g/mol. The van der Waals surface area contributed by atoms with Crippen LogP contribution in [0.3, 0.4) is 0 Å². The second-order valence-electron chi connectivity index (χ2n) is 2.57. The highest BCUT2D eigenvalue weighted by Crippen LogP contribution is 2.13. The number of nitriles is 1. The Kier molecular flexibility index (Phi) is 2.41. The van der Waals surface area contributed by atoms with E-state index in [1.54, 1.807) is 13.0 Å². The smallest absolute Gasteiger partial charge is 0.141 e. The minimum Gasteiger partial charge on any atom is -0.326 e. The van der Waals surface area contributed by atoms with Gasteiger partial charge in [0.25, 0.3) is 0 Å². The number of aryl methyl sites for hydroxylation is 1. The molecule has 12 heavy (non-hydrogen) atoms. The van der Waals surface area contributed by atoms with Crippen molar-refractivity contribution in [3.63, 3.8) is 0 Å². The average molecular weight is 164 g/mol. The third-order valence-electron chi connectivity index (χ3n) is 1.77. The first-order valence-corrected chi connectivity index (χ1v) is 3.58. The lowest BCUT2D eigenvalue weighted by Crippen LogP contribution is -2.01. The number of nitrogens with zero attached hydrogens (tertiary/aromatic N) is 1. The van der Waals surface area contributed by atoms with Gasteiger partial charge in [0, 0.05) is 6.54 Å². The molecular formula is C9H9FN2. The van der Waals surface area contributed by atoms with E-state index in [0.29, 0.717) is 6.54 Å². The third kappa shape index (κ3) is 1.44. The van der Waals surface area contributed by atoms with E-state index in [-0.39, 0.29) is 5.56 Å². The fourth-order valence-electron chi connectivity index (χ4n) is 1.02. The van der Waals surface area contributed by atoms with Crippen molar-refractivity contribution in [2.45, 2.75) is 13.5 Å². The summed E-state index contributed by atoms with van der Waals surface area (Å²) in [5, 5.41) is 8.50. The van der Waals surface area contributed by atoms with Crippen LogP contribution in [0, 0.1) is 24.1 Å². The van der Waals surface area contributed by atoms with Gasteiger partial charge < -0.3 is 5.73 Å². The van der Waals surface area contributed by atoms with Crippen LogP contribution < -0.4 is 5.73 Å². The molecule has 0 amide bonds. The standard InChI is InChI=1S/C9H9FN2/c1-6-2-9(10)8(5-12)3-7(6)4-11/h2-3H,4,11H2,1H3. The summed E-state index contributed by atoms with van der Waals surface area (Å²) in [5.41, 5.74) is 7.05. The van der Waals surface area contributed by atoms with E-state index in [0.717, 1.165) is 11.1 Å². The Morgan fingerprint density at radius 2 is 2.25 bits per heavy atom. The summed E-state index contributed by atoms with van der Waals surface area (Å²) < 4.78 is 12.9. The summed E-state index contributed by atoms with van der Waals surface area (Å²) in [4.78, 5) is 0. The Labute approximate surface area is 70.4 Å². The van der Waals surface area contributed by atoms with Crippen LogP contribution in [0.1, 0.15) is 16.7 Å². The fourth-order valence-corrected chi connectivity index (χ4v) is 1.02. The van der Waals surface area contributed by atoms with E-state index in [2.05, 4.69) is 0 Å². The summed E-state index contributed by atoms with van der Waals surface area (Å²) in [6.07, 6.45) is 0. The highest BCUT2D eigenvalue weighted by molar-refractivity contribution is 5.38. The zero-order valence-electron chi connectivity index (χ0n) is 6.76. The Morgan fingerprint density at radius 1 is 1.58 bits per heavy atom. The van der Waals surface area contributed by atoms with Gasteiger partial charge in [0.15, 0.2) is 0 Å². The third-order valence-corrected chi connectivity index (χ3v) is 1.77. The molecule has 1 rings (SSSR count). The van der Waals surface area contributed by atoms with Crippen molar-refractivity contribution >= 4 is 0 Å². The highest BCUT2D eigenvalue weighted by atomic mass is 19.1. The summed E-state index contributed by atoms with van der Waals surface area (Å²) in [5.74, 6) is -0.479. The van der Waals surface area contributed by atoms with Gasteiger partial charge in [-0.3, -0.25) is 0 Å². The molecule has 0 aliphatic heterocycles. The molecule has 0 unspecified atom stereocenters. The first kappa shape index (κ1) is 8.69. The van der Waals surface area contributed by atoms with Crippen LogP contribution >= 0.6 is 0 Å². The molecule has 0 atom stereocenters. The first-order valence-electron chi connectivity index (χ1n) is 3.58. The summed E-state index contributed by atoms with van der Waals surface area (Å²) in [6, 6.07) is 4.59. The van der Waals surface area contributed by atoms with Gasteiger partial charge in [-0.05, 0) is 30.2 Å². The van der Waals surface area contributed by atoms with Gasteiger partial charge in [0.1, 0.15) is 11.9 Å². The highest BCUT2D eigenvalue weighted by Gasteiger charge is 2.04. The van der Waals surface area contributed by atoms with Gasteiger partial charge in [-0.15, -0.1) is 0 Å². The molecule has 0 saturated carbocycles. The number of benzene rings is 1. The maximum Gasteiger partial charge on any atom is 0.141 e. The van der Waals surface area contributed by atoms with Crippen molar-refractivity contribution < 1.29 is 4.39 Å². The van der Waals surface area contributed by atoms with Crippen LogP contribution in [0.5, 0.6) is 0 Å². The maximum absolute atomic E-state index is 12.9. The zero-order valence-corrected chi connectivity index (χ0v) is 6.76. The van der Waals surface area contributed by atoms with Crippen molar-refractivity contribution in [1.82, 2.24) is 0 Å². The molecular weight excluding hydrogens is 155 g/mol. The van der Waals surface area contributed by atoms with E-state index in [1.807, 2.05) is 0 Å². The average Bonchev–Trinajstić information content (AvgIpc) is 2.05. The van der Waals surface area contributed by atoms with Crippen molar-refractivity contribution in [2.24, 2.45) is 5.73 Å². The Bertz CT molecular complexity index is 339. The van der Waals surface area contributed by atoms with E-state index >= 15 is 0 Å². The SMILES string of the molecule is Cc1cc(F)c(C#N)cc1CN. The van der Waals surface area contributed by atoms with Gasteiger partial charge in [-0.1, -0.05) is 0 Å². The van der Waals surface area contributed by atoms with Gasteiger partial charge in [0.2, 0.25) is 0 Å². The minimum atomic E-state index is -0.479. The van der Waals surface area contributed by atoms with Crippen LogP contribution in [-0.4, -0.2) is 0 Å². The predicted molar refractivity (Wildman–Crippen MR) is 43.7 cm³/mol. The number of rotatable bonds is 1. The minimum absolute atomic E-state index is 0.0565. The second-order valence-corrected chi connectivity index (χ2v) is 2.57. The van der Waals surface area contributed by atoms with Gasteiger partial charge in [-0.25, -0.2) is 4.39 Å². The molecule has 0 aromatic heterocycles. The summed E-state index contributed by atoms with van der Waals surface area (Å²) in [7, 11) is 0. The largest absolute Gasteiger partial charge is 0.326 e. The van der Waals surface area contributed by atoms with Crippen LogP contribution in [-0.2, 0) is 6.54 Å². The molecule has 0 spiro atoms. The van der Waals surface area contributed by atoms with Crippen LogP contribution in [0.25, 0.3) is 0 Å². The lowest BCUT2D eigenvalue weighted by atomic mass is 10.1. The normalized spacial score (nSPS) is 9.50. The first-order chi connectivity index (χ1) is 5.69. The van der Waals surface area contributed by atoms with Crippen LogP contribution in [0.15, 0.2) is 12.1 Å². The quantitative estimate of drug-likeness (QED) is 0.683. The zero-order chi connectivity index (χ0) is 9.14. The fraction of sp³-hybridized carbons (Fsp3) is 0.222. The van der Waals surface area contributed by atoms with Gasteiger partial charge >= 0.3 is 0 Å². The molecule has 0 fully saturated rings. The van der Waals surface area contributed by atoms with Crippen molar-refractivity contribution in [3.05, 3.63) is 34.6 Å². The summed E-state index contributed by atoms with van der Waals surface area (Å²) >= 11 is 0. The van der Waals surface area contributed by atoms with Crippen LogP contribution in [0.4, 0.5) is 4.39 Å².